The van der Waals surface area contributed by atoms with Gasteiger partial charge in [0.15, 0.2) is 0 Å². The molecule has 2 aromatic heterocycles. The van der Waals surface area contributed by atoms with Gasteiger partial charge in [0.25, 0.3) is 0 Å². The average Bonchev–Trinajstić information content (AvgIpc) is 3.32. The van der Waals surface area contributed by atoms with Gasteiger partial charge in [0.05, 0.1) is 10.6 Å². The number of nitrogens with one attached hydrogen (secondary N) is 1. The molecular formula is C17H25N5O2S. The molecule has 8 heteroatoms. The zero-order valence-electron chi connectivity index (χ0n) is 14.6. The first kappa shape index (κ1) is 16.8. The lowest BCUT2D eigenvalue weighted by Crippen LogP contribution is -2.43. The quantitative estimate of drug-likeness (QED) is 0.900. The van der Waals surface area contributed by atoms with Crippen molar-refractivity contribution in [3.63, 3.8) is 0 Å². The molecule has 1 N–H and O–H groups in total. The van der Waals surface area contributed by atoms with Crippen LogP contribution in [-0.4, -0.2) is 59.1 Å². The molecule has 2 aromatic rings. The Balaban J connectivity index is 1.46. The summed E-state index contributed by atoms with van der Waals surface area (Å²) < 4.78 is 27.2. The number of hydrogen-bond acceptors (Lipinski definition) is 5. The Morgan fingerprint density at radius 1 is 1.16 bits per heavy atom. The van der Waals surface area contributed by atoms with Crippen LogP contribution < -0.4 is 4.90 Å². The summed E-state index contributed by atoms with van der Waals surface area (Å²) in [4.78, 5) is 14.0. The number of H-pyrrole nitrogens is 1. The third-order valence-corrected chi connectivity index (χ3v) is 8.10. The maximum Gasteiger partial charge on any atom is 0.216 e. The van der Waals surface area contributed by atoms with Crippen molar-refractivity contribution in [3.05, 3.63) is 18.6 Å². The van der Waals surface area contributed by atoms with E-state index in [1.165, 1.54) is 0 Å². The van der Waals surface area contributed by atoms with Gasteiger partial charge in [-0.1, -0.05) is 0 Å². The fourth-order valence-corrected chi connectivity index (χ4v) is 6.25. The largest absolute Gasteiger partial charge is 0.356 e. The summed E-state index contributed by atoms with van der Waals surface area (Å²) in [5.41, 5.74) is 0.835. The molecule has 25 heavy (non-hydrogen) atoms. The minimum absolute atomic E-state index is 0.215. The summed E-state index contributed by atoms with van der Waals surface area (Å²) >= 11 is 0. The van der Waals surface area contributed by atoms with Gasteiger partial charge in [-0.2, -0.15) is 0 Å². The molecule has 0 radical (unpaired) electrons. The lowest BCUT2D eigenvalue weighted by Gasteiger charge is -2.36. The SMILES string of the molecule is CN(c1ncnc2[nH]ccc12)C1CCC(S(=O)(=O)N2CCCC2)CC1. The van der Waals surface area contributed by atoms with Gasteiger partial charge in [-0.05, 0) is 44.6 Å². The molecule has 2 fully saturated rings. The van der Waals surface area contributed by atoms with Crippen LogP contribution in [0.3, 0.4) is 0 Å². The van der Waals surface area contributed by atoms with E-state index >= 15 is 0 Å². The summed E-state index contributed by atoms with van der Waals surface area (Å²) in [5.74, 6) is 0.914. The van der Waals surface area contributed by atoms with Crippen molar-refractivity contribution in [2.24, 2.45) is 0 Å². The van der Waals surface area contributed by atoms with Crippen molar-refractivity contribution >= 4 is 26.9 Å². The van der Waals surface area contributed by atoms with Crippen LogP contribution in [0, 0.1) is 0 Å². The van der Waals surface area contributed by atoms with Crippen LogP contribution in [0.25, 0.3) is 11.0 Å². The average molecular weight is 363 g/mol. The molecule has 4 rings (SSSR count). The van der Waals surface area contributed by atoms with E-state index in [9.17, 15) is 8.42 Å². The summed E-state index contributed by atoms with van der Waals surface area (Å²) in [5, 5.41) is 0.796. The maximum absolute atomic E-state index is 12.8. The smallest absolute Gasteiger partial charge is 0.216 e. The standard InChI is InChI=1S/C17H25N5O2S/c1-21(17-15-8-9-18-16(15)19-12-20-17)13-4-6-14(7-5-13)25(23,24)22-10-2-3-11-22/h8-9,12-14H,2-7,10-11H2,1H3,(H,18,19,20). The van der Waals surface area contributed by atoms with Gasteiger partial charge in [0.2, 0.25) is 10.0 Å². The summed E-state index contributed by atoms with van der Waals surface area (Å²) in [7, 11) is -1.07. The van der Waals surface area contributed by atoms with Gasteiger partial charge in [-0.25, -0.2) is 22.7 Å². The molecule has 1 saturated heterocycles. The molecule has 2 aliphatic rings. The van der Waals surface area contributed by atoms with Crippen LogP contribution in [0.1, 0.15) is 38.5 Å². The third-order valence-electron chi connectivity index (χ3n) is 5.70. The van der Waals surface area contributed by atoms with E-state index in [1.807, 2.05) is 12.3 Å². The Morgan fingerprint density at radius 2 is 1.88 bits per heavy atom. The predicted octanol–water partition coefficient (Wildman–Crippen LogP) is 2.13. The molecule has 7 nitrogen and oxygen atoms in total. The summed E-state index contributed by atoms with van der Waals surface area (Å²) in [6.07, 6.45) is 8.67. The van der Waals surface area contributed by atoms with Crippen LogP contribution in [0.2, 0.25) is 0 Å². The molecule has 0 aromatic carbocycles. The van der Waals surface area contributed by atoms with E-state index in [0.717, 1.165) is 55.4 Å². The molecule has 1 aliphatic heterocycles. The van der Waals surface area contributed by atoms with Crippen LogP contribution >= 0.6 is 0 Å². The van der Waals surface area contributed by atoms with Gasteiger partial charge < -0.3 is 9.88 Å². The Labute approximate surface area is 148 Å². The zero-order valence-corrected chi connectivity index (χ0v) is 15.4. The number of aromatic amines is 1. The number of hydrogen-bond donors (Lipinski definition) is 1. The lowest BCUT2D eigenvalue weighted by atomic mass is 9.94. The van der Waals surface area contributed by atoms with Crippen molar-refractivity contribution in [1.29, 1.82) is 0 Å². The van der Waals surface area contributed by atoms with E-state index in [2.05, 4.69) is 26.9 Å². The minimum atomic E-state index is -3.12. The predicted molar refractivity (Wildman–Crippen MR) is 98.1 cm³/mol. The highest BCUT2D eigenvalue weighted by Crippen LogP contribution is 2.33. The van der Waals surface area contributed by atoms with Gasteiger partial charge in [0, 0.05) is 32.4 Å². The lowest BCUT2D eigenvalue weighted by molar-refractivity contribution is 0.396. The fourth-order valence-electron chi connectivity index (χ4n) is 4.20. The third kappa shape index (κ3) is 3.01. The van der Waals surface area contributed by atoms with Crippen LogP contribution in [-0.2, 0) is 10.0 Å². The zero-order chi connectivity index (χ0) is 17.4. The van der Waals surface area contributed by atoms with E-state index in [0.29, 0.717) is 19.1 Å². The number of rotatable bonds is 4. The molecule has 136 valence electrons. The van der Waals surface area contributed by atoms with E-state index in [-0.39, 0.29) is 5.25 Å². The summed E-state index contributed by atoms with van der Waals surface area (Å²) in [6.45, 7) is 1.41. The highest BCUT2D eigenvalue weighted by Gasteiger charge is 2.37. The Bertz CT molecular complexity index is 836. The van der Waals surface area contributed by atoms with E-state index < -0.39 is 10.0 Å². The molecule has 1 saturated carbocycles. The highest BCUT2D eigenvalue weighted by atomic mass is 32.2. The van der Waals surface area contributed by atoms with Crippen molar-refractivity contribution in [1.82, 2.24) is 19.3 Å². The van der Waals surface area contributed by atoms with Crippen molar-refractivity contribution in [3.8, 4) is 0 Å². The molecule has 0 bridgehead atoms. The van der Waals surface area contributed by atoms with Crippen LogP contribution in [0.4, 0.5) is 5.82 Å². The highest BCUT2D eigenvalue weighted by molar-refractivity contribution is 7.89. The van der Waals surface area contributed by atoms with Crippen LogP contribution in [0.5, 0.6) is 0 Å². The normalized spacial score (nSPS) is 25.5. The molecule has 3 heterocycles. The number of nitrogens with zero attached hydrogens (tertiary/aromatic N) is 4. The van der Waals surface area contributed by atoms with Gasteiger partial charge >= 0.3 is 0 Å². The fraction of sp³-hybridized carbons (Fsp3) is 0.647. The second kappa shape index (κ2) is 6.57. The molecule has 0 spiro atoms. The van der Waals surface area contributed by atoms with Gasteiger partial charge in [0.1, 0.15) is 17.8 Å². The van der Waals surface area contributed by atoms with Gasteiger partial charge in [-0.3, -0.25) is 0 Å². The molecule has 0 atom stereocenters. The topological polar surface area (TPSA) is 82.2 Å². The van der Waals surface area contributed by atoms with Crippen molar-refractivity contribution in [2.75, 3.05) is 25.0 Å². The molecular weight excluding hydrogens is 338 g/mol. The first-order valence-electron chi connectivity index (χ1n) is 9.07. The summed E-state index contributed by atoms with van der Waals surface area (Å²) in [6, 6.07) is 2.31. The van der Waals surface area contributed by atoms with Crippen molar-refractivity contribution in [2.45, 2.75) is 49.8 Å². The second-order valence-corrected chi connectivity index (χ2v) is 9.34. The van der Waals surface area contributed by atoms with Crippen LogP contribution in [0.15, 0.2) is 18.6 Å². The minimum Gasteiger partial charge on any atom is -0.356 e. The maximum atomic E-state index is 12.8. The Kier molecular flexibility index (Phi) is 4.41. The first-order valence-corrected chi connectivity index (χ1v) is 10.6. The van der Waals surface area contributed by atoms with E-state index in [1.54, 1.807) is 10.6 Å². The number of fused-ring (bicyclic) bond motifs is 1. The molecule has 0 amide bonds. The van der Waals surface area contributed by atoms with Gasteiger partial charge in [-0.15, -0.1) is 0 Å². The monoisotopic (exact) mass is 363 g/mol. The second-order valence-electron chi connectivity index (χ2n) is 7.13. The molecule has 0 unspecified atom stereocenters. The van der Waals surface area contributed by atoms with E-state index in [4.69, 9.17) is 0 Å². The number of sulfonamides is 1. The number of aromatic nitrogens is 3. The number of anilines is 1. The Morgan fingerprint density at radius 3 is 2.60 bits per heavy atom. The first-order chi connectivity index (χ1) is 12.1. The van der Waals surface area contributed by atoms with Crippen molar-refractivity contribution < 1.29 is 8.42 Å². The molecule has 1 aliphatic carbocycles. The Hall–Kier alpha value is -1.67.